The standard InChI is InChI=1S/C11H12ClFO2/c12-10-5-1-3-8(9(10)7-13)4-2-6-11(14)15/h1,3,5H,2,4,6-7H2,(H,14,15). The van der Waals surface area contributed by atoms with Gasteiger partial charge in [-0.2, -0.15) is 0 Å². The predicted molar refractivity (Wildman–Crippen MR) is 56.8 cm³/mol. The third-order valence-corrected chi connectivity index (χ3v) is 2.54. The molecule has 82 valence electrons. The van der Waals surface area contributed by atoms with Crippen LogP contribution in [0.25, 0.3) is 0 Å². The van der Waals surface area contributed by atoms with E-state index in [0.717, 1.165) is 5.56 Å². The number of benzene rings is 1. The van der Waals surface area contributed by atoms with Crippen molar-refractivity contribution in [3.63, 3.8) is 0 Å². The Morgan fingerprint density at radius 2 is 2.20 bits per heavy atom. The Hall–Kier alpha value is -1.09. The Morgan fingerprint density at radius 3 is 2.80 bits per heavy atom. The van der Waals surface area contributed by atoms with E-state index >= 15 is 0 Å². The molecular weight excluding hydrogens is 219 g/mol. The molecule has 0 bridgehead atoms. The maximum atomic E-state index is 12.6. The van der Waals surface area contributed by atoms with Gasteiger partial charge in [0.25, 0.3) is 0 Å². The van der Waals surface area contributed by atoms with E-state index < -0.39 is 12.6 Å². The van der Waals surface area contributed by atoms with Gasteiger partial charge in [-0.25, -0.2) is 4.39 Å². The number of aliphatic carboxylic acids is 1. The van der Waals surface area contributed by atoms with E-state index in [1.807, 2.05) is 0 Å². The van der Waals surface area contributed by atoms with Crippen LogP contribution in [0.4, 0.5) is 4.39 Å². The zero-order chi connectivity index (χ0) is 11.3. The number of carbonyl (C=O) groups is 1. The van der Waals surface area contributed by atoms with Crippen LogP contribution in [0.1, 0.15) is 24.0 Å². The van der Waals surface area contributed by atoms with Crippen molar-refractivity contribution in [3.8, 4) is 0 Å². The molecule has 0 aliphatic heterocycles. The second-order valence-corrected chi connectivity index (χ2v) is 3.67. The molecule has 0 spiro atoms. The summed E-state index contributed by atoms with van der Waals surface area (Å²) in [7, 11) is 0. The summed E-state index contributed by atoms with van der Waals surface area (Å²) in [6.07, 6.45) is 1.15. The number of carboxylic acid groups (broad SMARTS) is 1. The smallest absolute Gasteiger partial charge is 0.303 e. The van der Waals surface area contributed by atoms with Gasteiger partial charge in [0.2, 0.25) is 0 Å². The summed E-state index contributed by atoms with van der Waals surface area (Å²) in [5.41, 5.74) is 1.27. The summed E-state index contributed by atoms with van der Waals surface area (Å²) >= 11 is 5.81. The first-order chi connectivity index (χ1) is 7.15. The lowest BCUT2D eigenvalue weighted by molar-refractivity contribution is -0.137. The number of alkyl halides is 1. The molecule has 0 saturated heterocycles. The first-order valence-electron chi connectivity index (χ1n) is 4.69. The largest absolute Gasteiger partial charge is 0.481 e. The van der Waals surface area contributed by atoms with Gasteiger partial charge >= 0.3 is 5.97 Å². The van der Waals surface area contributed by atoms with E-state index in [0.29, 0.717) is 23.4 Å². The second kappa shape index (κ2) is 5.71. The zero-order valence-electron chi connectivity index (χ0n) is 8.17. The minimum atomic E-state index is -0.834. The van der Waals surface area contributed by atoms with Crippen LogP contribution >= 0.6 is 11.6 Å². The summed E-state index contributed by atoms with van der Waals surface area (Å²) in [5, 5.41) is 8.88. The minimum Gasteiger partial charge on any atom is -0.481 e. The topological polar surface area (TPSA) is 37.3 Å². The molecule has 0 fully saturated rings. The first kappa shape index (κ1) is 12.0. The van der Waals surface area contributed by atoms with Crippen molar-refractivity contribution in [3.05, 3.63) is 34.3 Å². The second-order valence-electron chi connectivity index (χ2n) is 3.26. The third kappa shape index (κ3) is 3.51. The first-order valence-corrected chi connectivity index (χ1v) is 5.07. The van der Waals surface area contributed by atoms with Gasteiger partial charge < -0.3 is 5.11 Å². The van der Waals surface area contributed by atoms with E-state index in [2.05, 4.69) is 0 Å². The Balaban J connectivity index is 2.67. The van der Waals surface area contributed by atoms with Crippen molar-refractivity contribution < 1.29 is 14.3 Å². The molecule has 0 aliphatic carbocycles. The van der Waals surface area contributed by atoms with Crippen molar-refractivity contribution in [2.45, 2.75) is 25.9 Å². The molecule has 1 N–H and O–H groups in total. The van der Waals surface area contributed by atoms with Gasteiger partial charge in [0.15, 0.2) is 0 Å². The molecule has 0 amide bonds. The van der Waals surface area contributed by atoms with Gasteiger partial charge in [0.1, 0.15) is 6.67 Å². The van der Waals surface area contributed by atoms with Crippen LogP contribution in [0.3, 0.4) is 0 Å². The molecule has 0 aromatic heterocycles. The van der Waals surface area contributed by atoms with E-state index in [4.69, 9.17) is 16.7 Å². The third-order valence-electron chi connectivity index (χ3n) is 2.19. The van der Waals surface area contributed by atoms with Crippen molar-refractivity contribution in [1.29, 1.82) is 0 Å². The molecule has 2 nitrogen and oxygen atoms in total. The number of halogens is 2. The molecule has 0 atom stereocenters. The minimum absolute atomic E-state index is 0.0955. The maximum absolute atomic E-state index is 12.6. The van der Waals surface area contributed by atoms with Crippen LogP contribution in [0.5, 0.6) is 0 Å². The van der Waals surface area contributed by atoms with Crippen LogP contribution in [-0.2, 0) is 17.9 Å². The Labute approximate surface area is 92.7 Å². The van der Waals surface area contributed by atoms with Crippen molar-refractivity contribution in [1.82, 2.24) is 0 Å². The summed E-state index contributed by atoms with van der Waals surface area (Å²) < 4.78 is 12.6. The molecule has 4 heteroatoms. The maximum Gasteiger partial charge on any atom is 0.303 e. The molecule has 1 rings (SSSR count). The molecule has 1 aromatic rings. The van der Waals surface area contributed by atoms with E-state index in [-0.39, 0.29) is 6.42 Å². The number of rotatable bonds is 5. The van der Waals surface area contributed by atoms with Gasteiger partial charge in [-0.1, -0.05) is 23.7 Å². The molecule has 0 unspecified atom stereocenters. The Morgan fingerprint density at radius 1 is 1.47 bits per heavy atom. The lowest BCUT2D eigenvalue weighted by Gasteiger charge is -2.07. The van der Waals surface area contributed by atoms with Crippen molar-refractivity contribution in [2.24, 2.45) is 0 Å². The van der Waals surface area contributed by atoms with Crippen LogP contribution in [0, 0.1) is 0 Å². The fourth-order valence-corrected chi connectivity index (χ4v) is 1.66. The lowest BCUT2D eigenvalue weighted by atomic mass is 10.0. The van der Waals surface area contributed by atoms with E-state index in [1.165, 1.54) is 0 Å². The van der Waals surface area contributed by atoms with Gasteiger partial charge in [0, 0.05) is 17.0 Å². The lowest BCUT2D eigenvalue weighted by Crippen LogP contribution is -1.98. The molecule has 1 aromatic carbocycles. The molecule has 0 saturated carbocycles. The van der Waals surface area contributed by atoms with Crippen LogP contribution in [0.2, 0.25) is 5.02 Å². The van der Waals surface area contributed by atoms with Gasteiger partial charge in [-0.05, 0) is 24.5 Å². The Kier molecular flexibility index (Phi) is 4.56. The quantitative estimate of drug-likeness (QED) is 0.843. The molecular formula is C11H12ClFO2. The highest BCUT2D eigenvalue weighted by atomic mass is 35.5. The van der Waals surface area contributed by atoms with E-state index in [9.17, 15) is 9.18 Å². The van der Waals surface area contributed by atoms with Gasteiger partial charge in [-0.15, -0.1) is 0 Å². The monoisotopic (exact) mass is 230 g/mol. The molecule has 0 heterocycles. The highest BCUT2D eigenvalue weighted by Gasteiger charge is 2.07. The summed E-state index contributed by atoms with van der Waals surface area (Å²) in [5.74, 6) is -0.834. The number of aryl methyl sites for hydroxylation is 1. The average Bonchev–Trinajstić information content (AvgIpc) is 2.17. The highest BCUT2D eigenvalue weighted by molar-refractivity contribution is 6.31. The summed E-state index contributed by atoms with van der Waals surface area (Å²) in [4.78, 5) is 10.3. The fourth-order valence-electron chi connectivity index (χ4n) is 1.42. The predicted octanol–water partition coefficient (Wildman–Crippen LogP) is 3.22. The van der Waals surface area contributed by atoms with Crippen LogP contribution < -0.4 is 0 Å². The highest BCUT2D eigenvalue weighted by Crippen LogP contribution is 2.22. The number of carboxylic acids is 1. The molecule has 0 radical (unpaired) electrons. The normalized spacial score (nSPS) is 10.3. The zero-order valence-corrected chi connectivity index (χ0v) is 8.93. The van der Waals surface area contributed by atoms with Crippen LogP contribution in [0.15, 0.2) is 18.2 Å². The molecule has 0 aliphatic rings. The van der Waals surface area contributed by atoms with Crippen molar-refractivity contribution >= 4 is 17.6 Å². The average molecular weight is 231 g/mol. The number of hydrogen-bond acceptors (Lipinski definition) is 1. The summed E-state index contributed by atoms with van der Waals surface area (Å²) in [6.45, 7) is -0.609. The van der Waals surface area contributed by atoms with Gasteiger partial charge in [-0.3, -0.25) is 4.79 Å². The summed E-state index contributed by atoms with van der Waals surface area (Å²) in [6, 6.07) is 5.16. The molecule has 15 heavy (non-hydrogen) atoms. The number of hydrogen-bond donors (Lipinski definition) is 1. The van der Waals surface area contributed by atoms with E-state index in [1.54, 1.807) is 18.2 Å². The van der Waals surface area contributed by atoms with Crippen molar-refractivity contribution in [2.75, 3.05) is 0 Å². The van der Waals surface area contributed by atoms with Gasteiger partial charge in [0.05, 0.1) is 0 Å². The van der Waals surface area contributed by atoms with Crippen LogP contribution in [-0.4, -0.2) is 11.1 Å². The fraction of sp³-hybridized carbons (Fsp3) is 0.364. The SMILES string of the molecule is O=C(O)CCCc1cccc(Cl)c1CF. The Bertz CT molecular complexity index is 352.